The van der Waals surface area contributed by atoms with E-state index in [1.54, 1.807) is 17.9 Å². The molecule has 112 valence electrons. The van der Waals surface area contributed by atoms with Crippen LogP contribution in [-0.2, 0) is 13.1 Å². The van der Waals surface area contributed by atoms with Gasteiger partial charge in [0.25, 0.3) is 0 Å². The fourth-order valence-electron chi connectivity index (χ4n) is 1.82. The zero-order valence-corrected chi connectivity index (χ0v) is 12.2. The van der Waals surface area contributed by atoms with Gasteiger partial charge in [-0.15, -0.1) is 0 Å². The number of hydrogen-bond acceptors (Lipinski definition) is 6. The smallest absolute Gasteiger partial charge is 0.243 e. The summed E-state index contributed by atoms with van der Waals surface area (Å²) < 4.78 is 12.5. The molecule has 7 heteroatoms. The molecule has 1 heterocycles. The summed E-state index contributed by atoms with van der Waals surface area (Å²) in [6.45, 7) is 7.36. The van der Waals surface area contributed by atoms with Crippen LogP contribution in [-0.4, -0.2) is 33.9 Å². The summed E-state index contributed by atoms with van der Waals surface area (Å²) in [5, 5.41) is 14.6. The molecule has 0 saturated carbocycles. The Morgan fingerprint density at radius 2 is 2.24 bits per heavy atom. The van der Waals surface area contributed by atoms with Crippen molar-refractivity contribution in [2.75, 3.05) is 19.0 Å². The lowest BCUT2D eigenvalue weighted by molar-refractivity contribution is 0.326. The fourth-order valence-corrected chi connectivity index (χ4v) is 1.82. The molecule has 2 rings (SSSR count). The molecule has 0 spiro atoms. The van der Waals surface area contributed by atoms with Crippen molar-refractivity contribution in [3.05, 3.63) is 36.4 Å². The van der Waals surface area contributed by atoms with Crippen molar-refractivity contribution in [3.8, 4) is 11.5 Å². The molecule has 0 bridgehead atoms. The fraction of sp³-hybridized carbons (Fsp3) is 0.357. The number of anilines is 1. The Balaban J connectivity index is 2.05. The highest BCUT2D eigenvalue weighted by atomic mass is 16.5. The van der Waals surface area contributed by atoms with Gasteiger partial charge in [-0.05, 0) is 35.0 Å². The minimum atomic E-state index is 0.444. The molecule has 0 aliphatic carbocycles. The Morgan fingerprint density at radius 3 is 2.95 bits per heavy atom. The van der Waals surface area contributed by atoms with Crippen molar-refractivity contribution in [1.82, 2.24) is 20.2 Å². The second-order valence-electron chi connectivity index (χ2n) is 4.26. The lowest BCUT2D eigenvalue weighted by Gasteiger charge is -2.11. The molecular weight excluding hydrogens is 270 g/mol. The van der Waals surface area contributed by atoms with Gasteiger partial charge in [-0.2, -0.15) is 0 Å². The summed E-state index contributed by atoms with van der Waals surface area (Å²) in [4.78, 5) is 0. The van der Waals surface area contributed by atoms with Crippen LogP contribution >= 0.6 is 0 Å². The highest BCUT2D eigenvalue weighted by molar-refractivity contribution is 5.44. The van der Waals surface area contributed by atoms with Gasteiger partial charge in [0, 0.05) is 13.1 Å². The number of aryl methyl sites for hydroxylation is 1. The molecule has 0 saturated heterocycles. The highest BCUT2D eigenvalue weighted by Crippen LogP contribution is 2.28. The zero-order chi connectivity index (χ0) is 15.1. The number of nitrogens with one attached hydrogen (secondary N) is 1. The number of rotatable bonds is 8. The summed E-state index contributed by atoms with van der Waals surface area (Å²) in [6.07, 6.45) is 1.69. The maximum Gasteiger partial charge on any atom is 0.243 e. The normalized spacial score (nSPS) is 10.2. The van der Waals surface area contributed by atoms with Crippen molar-refractivity contribution < 1.29 is 9.47 Å². The summed E-state index contributed by atoms with van der Waals surface area (Å²) in [6, 6.07) is 5.77. The van der Waals surface area contributed by atoms with E-state index in [2.05, 4.69) is 27.4 Å². The standard InChI is InChI=1S/C14H19N5O2/c1-4-8-21-12-7-6-11(9-13(12)20-3)10-15-14-16-17-18-19(14)5-2/h4,6-7,9H,1,5,8,10H2,2-3H3,(H,15,16,18). The summed E-state index contributed by atoms with van der Waals surface area (Å²) in [5.74, 6) is 2.02. The molecule has 0 fully saturated rings. The number of methoxy groups -OCH3 is 1. The first-order valence-corrected chi connectivity index (χ1v) is 6.69. The Kier molecular flexibility index (Phi) is 5.14. The van der Waals surface area contributed by atoms with E-state index in [9.17, 15) is 0 Å². The van der Waals surface area contributed by atoms with Crippen LogP contribution in [0.1, 0.15) is 12.5 Å². The van der Waals surface area contributed by atoms with Crippen molar-refractivity contribution in [2.45, 2.75) is 20.0 Å². The molecule has 2 aromatic rings. The average molecular weight is 289 g/mol. The topological polar surface area (TPSA) is 74.1 Å². The molecule has 0 amide bonds. The van der Waals surface area contributed by atoms with Crippen molar-refractivity contribution in [2.24, 2.45) is 0 Å². The predicted octanol–water partition coefficient (Wildman–Crippen LogP) is 1.88. The van der Waals surface area contributed by atoms with Crippen molar-refractivity contribution in [3.63, 3.8) is 0 Å². The molecule has 0 aliphatic rings. The van der Waals surface area contributed by atoms with Gasteiger partial charge in [0.2, 0.25) is 5.95 Å². The van der Waals surface area contributed by atoms with Crippen LogP contribution in [0.2, 0.25) is 0 Å². The maximum absolute atomic E-state index is 5.52. The van der Waals surface area contributed by atoms with Gasteiger partial charge >= 0.3 is 0 Å². The molecule has 1 aromatic heterocycles. The van der Waals surface area contributed by atoms with Crippen LogP contribution in [0.25, 0.3) is 0 Å². The third kappa shape index (κ3) is 3.71. The van der Waals surface area contributed by atoms with Gasteiger partial charge in [0.05, 0.1) is 7.11 Å². The largest absolute Gasteiger partial charge is 0.493 e. The lowest BCUT2D eigenvalue weighted by atomic mass is 10.2. The van der Waals surface area contributed by atoms with E-state index in [1.165, 1.54) is 0 Å². The molecule has 1 N–H and O–H groups in total. The van der Waals surface area contributed by atoms with Crippen LogP contribution in [0.15, 0.2) is 30.9 Å². The maximum atomic E-state index is 5.52. The van der Waals surface area contributed by atoms with Crippen LogP contribution in [0.3, 0.4) is 0 Å². The first-order valence-electron chi connectivity index (χ1n) is 6.69. The second kappa shape index (κ2) is 7.28. The zero-order valence-electron chi connectivity index (χ0n) is 12.2. The Labute approximate surface area is 123 Å². The number of tetrazole rings is 1. The minimum absolute atomic E-state index is 0.444. The number of aromatic nitrogens is 4. The van der Waals surface area contributed by atoms with E-state index in [0.29, 0.717) is 37.1 Å². The first kappa shape index (κ1) is 14.8. The molecule has 1 aromatic carbocycles. The quantitative estimate of drug-likeness (QED) is 0.748. The third-order valence-corrected chi connectivity index (χ3v) is 2.87. The van der Waals surface area contributed by atoms with Gasteiger partial charge < -0.3 is 14.8 Å². The molecule has 0 atom stereocenters. The van der Waals surface area contributed by atoms with E-state index >= 15 is 0 Å². The second-order valence-corrected chi connectivity index (χ2v) is 4.26. The Bertz CT molecular complexity index is 597. The molecule has 21 heavy (non-hydrogen) atoms. The van der Waals surface area contributed by atoms with Crippen LogP contribution < -0.4 is 14.8 Å². The lowest BCUT2D eigenvalue weighted by Crippen LogP contribution is -2.08. The monoisotopic (exact) mass is 289 g/mol. The molecule has 0 unspecified atom stereocenters. The Hall–Kier alpha value is -2.57. The van der Waals surface area contributed by atoms with Gasteiger partial charge in [-0.25, -0.2) is 4.68 Å². The van der Waals surface area contributed by atoms with E-state index in [4.69, 9.17) is 9.47 Å². The highest BCUT2D eigenvalue weighted by Gasteiger charge is 2.07. The summed E-state index contributed by atoms with van der Waals surface area (Å²) in [5.41, 5.74) is 1.04. The van der Waals surface area contributed by atoms with Crippen LogP contribution in [0.4, 0.5) is 5.95 Å². The van der Waals surface area contributed by atoms with Gasteiger partial charge in [-0.3, -0.25) is 0 Å². The molecule has 0 aliphatic heterocycles. The van der Waals surface area contributed by atoms with Gasteiger partial charge in [-0.1, -0.05) is 23.8 Å². The van der Waals surface area contributed by atoms with Gasteiger partial charge in [0.15, 0.2) is 11.5 Å². The minimum Gasteiger partial charge on any atom is -0.493 e. The third-order valence-electron chi connectivity index (χ3n) is 2.87. The number of benzene rings is 1. The van der Waals surface area contributed by atoms with E-state index < -0.39 is 0 Å². The van der Waals surface area contributed by atoms with Crippen molar-refractivity contribution >= 4 is 5.95 Å². The first-order chi connectivity index (χ1) is 10.3. The summed E-state index contributed by atoms with van der Waals surface area (Å²) >= 11 is 0. The number of ether oxygens (including phenoxy) is 2. The van der Waals surface area contributed by atoms with Crippen LogP contribution in [0, 0.1) is 0 Å². The van der Waals surface area contributed by atoms with Crippen LogP contribution in [0.5, 0.6) is 11.5 Å². The molecule has 0 radical (unpaired) electrons. The van der Waals surface area contributed by atoms with E-state index in [1.807, 2.05) is 25.1 Å². The SMILES string of the molecule is C=CCOc1ccc(CNc2nnnn2CC)cc1OC. The van der Waals surface area contributed by atoms with Crippen molar-refractivity contribution in [1.29, 1.82) is 0 Å². The number of nitrogens with zero attached hydrogens (tertiary/aromatic N) is 4. The Morgan fingerprint density at radius 1 is 1.38 bits per heavy atom. The molecule has 7 nitrogen and oxygen atoms in total. The average Bonchev–Trinajstić information content (AvgIpc) is 2.98. The predicted molar refractivity (Wildman–Crippen MR) is 79.5 cm³/mol. The summed E-state index contributed by atoms with van der Waals surface area (Å²) in [7, 11) is 1.62. The van der Waals surface area contributed by atoms with E-state index in [0.717, 1.165) is 5.56 Å². The number of hydrogen-bond donors (Lipinski definition) is 1. The van der Waals surface area contributed by atoms with Gasteiger partial charge in [0.1, 0.15) is 6.61 Å². The van der Waals surface area contributed by atoms with E-state index in [-0.39, 0.29) is 0 Å². The molecular formula is C14H19N5O2.